The number of aryl methyl sites for hydroxylation is 1. The van der Waals surface area contributed by atoms with E-state index in [1.165, 1.54) is 0 Å². The molecule has 4 heteroatoms. The van der Waals surface area contributed by atoms with Crippen molar-refractivity contribution < 1.29 is 10.2 Å². The molecule has 0 saturated heterocycles. The van der Waals surface area contributed by atoms with Crippen molar-refractivity contribution in [3.05, 3.63) is 70.6 Å². The number of nitrogens with one attached hydrogen (secondary N) is 1. The van der Waals surface area contributed by atoms with Crippen LogP contribution in [0.4, 0.5) is 5.00 Å². The van der Waals surface area contributed by atoms with Gasteiger partial charge >= 0.3 is 0 Å². The van der Waals surface area contributed by atoms with Gasteiger partial charge in [0.2, 0.25) is 0 Å². The van der Waals surface area contributed by atoms with Gasteiger partial charge in [0.25, 0.3) is 0 Å². The Balaban J connectivity index is 1.95. The number of aromatic hydroxyl groups is 1. The second-order valence-electron chi connectivity index (χ2n) is 5.80. The average Bonchev–Trinajstić information content (AvgIpc) is 2.94. The van der Waals surface area contributed by atoms with Crippen molar-refractivity contribution >= 4 is 27.7 Å². The van der Waals surface area contributed by atoms with Crippen LogP contribution >= 0.6 is 11.3 Å². The molecule has 0 fully saturated rings. The predicted molar refractivity (Wildman–Crippen MR) is 101 cm³/mol. The van der Waals surface area contributed by atoms with Crippen LogP contribution in [-0.2, 0) is 0 Å². The number of benzene rings is 2. The first-order valence-corrected chi connectivity index (χ1v) is 8.62. The highest BCUT2D eigenvalue weighted by atomic mass is 32.1. The zero-order valence-electron chi connectivity index (χ0n) is 13.2. The van der Waals surface area contributed by atoms with E-state index in [9.17, 15) is 10.2 Å². The summed E-state index contributed by atoms with van der Waals surface area (Å²) in [6.45, 7) is 2.56. The van der Waals surface area contributed by atoms with Gasteiger partial charge in [0.15, 0.2) is 0 Å². The Bertz CT molecular complexity index is 942. The summed E-state index contributed by atoms with van der Waals surface area (Å²) >= 11 is 1.65. The number of fused-ring (bicyclic) bond motifs is 1. The molecule has 0 spiro atoms. The minimum Gasteiger partial charge on any atom is -0.507 e. The van der Waals surface area contributed by atoms with E-state index in [0.717, 1.165) is 32.1 Å². The second-order valence-corrected chi connectivity index (χ2v) is 7.03. The van der Waals surface area contributed by atoms with Crippen molar-refractivity contribution in [1.82, 2.24) is 0 Å². The molecule has 0 bridgehead atoms. The van der Waals surface area contributed by atoms with Gasteiger partial charge in [0, 0.05) is 28.1 Å². The van der Waals surface area contributed by atoms with Crippen molar-refractivity contribution in [2.24, 2.45) is 0 Å². The lowest BCUT2D eigenvalue weighted by Gasteiger charge is -2.20. The third-order valence-corrected chi connectivity index (χ3v) is 5.39. The molecule has 2 aromatic carbocycles. The van der Waals surface area contributed by atoms with Gasteiger partial charge in [0.1, 0.15) is 16.5 Å². The molecule has 0 radical (unpaired) electrons. The van der Waals surface area contributed by atoms with Crippen molar-refractivity contribution in [3.8, 4) is 16.9 Å². The van der Waals surface area contributed by atoms with Gasteiger partial charge in [-0.2, -0.15) is 0 Å². The number of anilines is 1. The molecular formula is C20H17NO2S. The standard InChI is InChI=1S/C20H17NO2S/c1-12-17(13-7-3-2-4-8-13)18-19(23)15(11-21-20(18)24-12)14-9-5-6-10-16(14)22/h2-10,21-23H,11H2,1H3. The molecule has 0 amide bonds. The molecule has 1 aliphatic rings. The van der Waals surface area contributed by atoms with Crippen LogP contribution in [-0.4, -0.2) is 16.8 Å². The molecule has 0 unspecified atom stereocenters. The average molecular weight is 335 g/mol. The van der Waals surface area contributed by atoms with E-state index in [1.54, 1.807) is 23.5 Å². The van der Waals surface area contributed by atoms with E-state index < -0.39 is 0 Å². The fourth-order valence-corrected chi connectivity index (χ4v) is 4.28. The molecule has 2 heterocycles. The predicted octanol–water partition coefficient (Wildman–Crippen LogP) is 5.28. The Labute approximate surface area is 144 Å². The van der Waals surface area contributed by atoms with E-state index in [1.807, 2.05) is 30.3 Å². The molecule has 1 aromatic heterocycles. The summed E-state index contributed by atoms with van der Waals surface area (Å²) in [4.78, 5) is 1.16. The summed E-state index contributed by atoms with van der Waals surface area (Å²) in [5.74, 6) is 0.422. The van der Waals surface area contributed by atoms with Gasteiger partial charge in [-0.3, -0.25) is 0 Å². The van der Waals surface area contributed by atoms with Crippen LogP contribution in [0, 0.1) is 6.92 Å². The van der Waals surface area contributed by atoms with E-state index >= 15 is 0 Å². The molecule has 0 aliphatic carbocycles. The molecule has 120 valence electrons. The highest BCUT2D eigenvalue weighted by Gasteiger charge is 2.27. The third kappa shape index (κ3) is 2.27. The first-order valence-electron chi connectivity index (χ1n) is 7.80. The lowest BCUT2D eigenvalue weighted by Crippen LogP contribution is -2.12. The Morgan fingerprint density at radius 2 is 1.62 bits per heavy atom. The molecular weight excluding hydrogens is 318 g/mol. The zero-order valence-corrected chi connectivity index (χ0v) is 14.0. The number of phenolic OH excluding ortho intramolecular Hbond substituents is 1. The molecule has 3 aromatic rings. The summed E-state index contributed by atoms with van der Waals surface area (Å²) in [6.07, 6.45) is 0. The van der Waals surface area contributed by atoms with Crippen LogP contribution in [0.25, 0.3) is 22.5 Å². The number of hydrogen-bond donors (Lipinski definition) is 3. The van der Waals surface area contributed by atoms with Crippen molar-refractivity contribution in [1.29, 1.82) is 0 Å². The minimum absolute atomic E-state index is 0.178. The minimum atomic E-state index is 0.178. The van der Waals surface area contributed by atoms with Gasteiger partial charge < -0.3 is 15.5 Å². The first kappa shape index (κ1) is 14.8. The summed E-state index contributed by atoms with van der Waals surface area (Å²) in [5, 5.41) is 25.5. The molecule has 24 heavy (non-hydrogen) atoms. The summed E-state index contributed by atoms with van der Waals surface area (Å²) in [6, 6.07) is 17.2. The zero-order chi connectivity index (χ0) is 16.7. The van der Waals surface area contributed by atoms with Crippen LogP contribution < -0.4 is 5.32 Å². The lowest BCUT2D eigenvalue weighted by atomic mass is 9.93. The molecule has 3 nitrogen and oxygen atoms in total. The van der Waals surface area contributed by atoms with E-state index in [4.69, 9.17) is 0 Å². The maximum Gasteiger partial charge on any atom is 0.132 e. The maximum absolute atomic E-state index is 11.0. The van der Waals surface area contributed by atoms with E-state index in [2.05, 4.69) is 24.4 Å². The molecule has 3 N–H and O–H groups in total. The molecule has 0 atom stereocenters. The largest absolute Gasteiger partial charge is 0.507 e. The van der Waals surface area contributed by atoms with Crippen LogP contribution in [0.15, 0.2) is 54.6 Å². The van der Waals surface area contributed by atoms with E-state index in [-0.39, 0.29) is 11.5 Å². The topological polar surface area (TPSA) is 52.5 Å². The number of aliphatic hydroxyl groups excluding tert-OH is 1. The number of aliphatic hydroxyl groups is 1. The molecule has 4 rings (SSSR count). The SMILES string of the molecule is Cc1sc2c(c1-c1ccccc1)C(O)=C(c1ccccc1O)CN2. The molecule has 0 saturated carbocycles. The smallest absolute Gasteiger partial charge is 0.132 e. The van der Waals surface area contributed by atoms with E-state index in [0.29, 0.717) is 12.1 Å². The number of para-hydroxylation sites is 1. The number of hydrogen-bond acceptors (Lipinski definition) is 4. The summed E-state index contributed by atoms with van der Waals surface area (Å²) in [7, 11) is 0. The van der Waals surface area contributed by atoms with Gasteiger partial charge in [-0.05, 0) is 18.6 Å². The van der Waals surface area contributed by atoms with Crippen molar-refractivity contribution in [2.45, 2.75) is 6.92 Å². The Kier molecular flexibility index (Phi) is 3.54. The van der Waals surface area contributed by atoms with Gasteiger partial charge in [-0.1, -0.05) is 48.5 Å². The summed E-state index contributed by atoms with van der Waals surface area (Å²) in [5.41, 5.74) is 4.34. The third-order valence-electron chi connectivity index (χ3n) is 4.32. The number of thiophene rings is 1. The quantitative estimate of drug-likeness (QED) is 0.597. The van der Waals surface area contributed by atoms with Crippen LogP contribution in [0.2, 0.25) is 0 Å². The number of phenols is 1. The monoisotopic (exact) mass is 335 g/mol. The Morgan fingerprint density at radius 1 is 0.917 bits per heavy atom. The number of rotatable bonds is 2. The lowest BCUT2D eigenvalue weighted by molar-refractivity contribution is 0.472. The first-order chi connectivity index (χ1) is 11.7. The highest BCUT2D eigenvalue weighted by Crippen LogP contribution is 2.47. The maximum atomic E-state index is 11.0. The van der Waals surface area contributed by atoms with Gasteiger partial charge in [-0.15, -0.1) is 11.3 Å². The van der Waals surface area contributed by atoms with Crippen molar-refractivity contribution in [3.63, 3.8) is 0 Å². The highest BCUT2D eigenvalue weighted by molar-refractivity contribution is 7.17. The van der Waals surface area contributed by atoms with Crippen LogP contribution in [0.3, 0.4) is 0 Å². The van der Waals surface area contributed by atoms with Crippen LogP contribution in [0.5, 0.6) is 5.75 Å². The Morgan fingerprint density at radius 3 is 2.38 bits per heavy atom. The van der Waals surface area contributed by atoms with Crippen molar-refractivity contribution in [2.75, 3.05) is 11.9 Å². The molecule has 1 aliphatic heterocycles. The Hall–Kier alpha value is -2.72. The second kappa shape index (κ2) is 5.73. The normalized spacial score (nSPS) is 13.5. The van der Waals surface area contributed by atoms with Gasteiger partial charge in [-0.25, -0.2) is 0 Å². The fourth-order valence-electron chi connectivity index (χ4n) is 3.20. The van der Waals surface area contributed by atoms with Crippen LogP contribution in [0.1, 0.15) is 16.0 Å². The summed E-state index contributed by atoms with van der Waals surface area (Å²) < 4.78 is 0. The fraction of sp³-hybridized carbons (Fsp3) is 0.100. The van der Waals surface area contributed by atoms with Gasteiger partial charge in [0.05, 0.1) is 5.56 Å².